The van der Waals surface area contributed by atoms with E-state index < -0.39 is 0 Å². The van der Waals surface area contributed by atoms with Crippen LogP contribution in [0.15, 0.2) is 48.5 Å². The van der Waals surface area contributed by atoms with Gasteiger partial charge in [0.05, 0.1) is 6.61 Å². The highest BCUT2D eigenvalue weighted by molar-refractivity contribution is 5.97. The van der Waals surface area contributed by atoms with Gasteiger partial charge in [0, 0.05) is 30.8 Å². The molecule has 0 bridgehead atoms. The van der Waals surface area contributed by atoms with E-state index in [1.54, 1.807) is 17.0 Å². The molecule has 142 valence electrons. The van der Waals surface area contributed by atoms with Gasteiger partial charge in [-0.3, -0.25) is 9.59 Å². The quantitative estimate of drug-likeness (QED) is 0.727. The van der Waals surface area contributed by atoms with E-state index in [0.717, 1.165) is 42.8 Å². The Bertz CT molecular complexity index is 786. The summed E-state index contributed by atoms with van der Waals surface area (Å²) in [5.74, 6) is 0.977. The minimum Gasteiger partial charge on any atom is -0.494 e. The SMILES string of the molecule is CCOc1ccccc1CCCNC(=O)c1ccc(N2CCCC2=O)cc1. The van der Waals surface area contributed by atoms with Crippen LogP contribution in [0.2, 0.25) is 0 Å². The van der Waals surface area contributed by atoms with Crippen LogP contribution in [0.1, 0.15) is 42.1 Å². The third-order valence-corrected chi connectivity index (χ3v) is 4.70. The molecule has 0 saturated carbocycles. The minimum atomic E-state index is -0.0904. The molecule has 5 nitrogen and oxygen atoms in total. The van der Waals surface area contributed by atoms with Crippen molar-refractivity contribution in [3.05, 3.63) is 59.7 Å². The molecule has 0 radical (unpaired) electrons. The summed E-state index contributed by atoms with van der Waals surface area (Å²) in [4.78, 5) is 25.9. The van der Waals surface area contributed by atoms with Crippen LogP contribution in [0.3, 0.4) is 0 Å². The lowest BCUT2D eigenvalue weighted by Gasteiger charge is -2.15. The fraction of sp³-hybridized carbons (Fsp3) is 0.364. The van der Waals surface area contributed by atoms with Gasteiger partial charge in [-0.25, -0.2) is 0 Å². The van der Waals surface area contributed by atoms with Crippen molar-refractivity contribution in [2.45, 2.75) is 32.6 Å². The molecule has 2 aromatic carbocycles. The Balaban J connectivity index is 1.47. The zero-order chi connectivity index (χ0) is 19.1. The number of benzene rings is 2. The first kappa shape index (κ1) is 19.0. The van der Waals surface area contributed by atoms with Gasteiger partial charge in [0.2, 0.25) is 5.91 Å². The maximum absolute atomic E-state index is 12.3. The van der Waals surface area contributed by atoms with Crippen molar-refractivity contribution in [3.63, 3.8) is 0 Å². The van der Waals surface area contributed by atoms with Crippen molar-refractivity contribution < 1.29 is 14.3 Å². The average Bonchev–Trinajstić information content (AvgIpc) is 3.12. The molecule has 2 aromatic rings. The summed E-state index contributed by atoms with van der Waals surface area (Å²) in [5.41, 5.74) is 2.63. The lowest BCUT2D eigenvalue weighted by atomic mass is 10.1. The predicted molar refractivity (Wildman–Crippen MR) is 106 cm³/mol. The first-order valence-corrected chi connectivity index (χ1v) is 9.58. The molecule has 1 aliphatic rings. The highest BCUT2D eigenvalue weighted by atomic mass is 16.5. The normalized spacial score (nSPS) is 13.7. The van der Waals surface area contributed by atoms with Crippen LogP contribution in [0, 0.1) is 0 Å². The number of anilines is 1. The fourth-order valence-corrected chi connectivity index (χ4v) is 3.30. The molecule has 1 heterocycles. The third-order valence-electron chi connectivity index (χ3n) is 4.70. The van der Waals surface area contributed by atoms with Gasteiger partial charge < -0.3 is 15.0 Å². The Labute approximate surface area is 160 Å². The molecule has 0 aliphatic carbocycles. The summed E-state index contributed by atoms with van der Waals surface area (Å²) < 4.78 is 5.63. The Morgan fingerprint density at radius 3 is 2.63 bits per heavy atom. The summed E-state index contributed by atoms with van der Waals surface area (Å²) in [7, 11) is 0. The molecule has 1 aliphatic heterocycles. The molecule has 0 atom stereocenters. The summed E-state index contributed by atoms with van der Waals surface area (Å²) in [5, 5.41) is 2.96. The third kappa shape index (κ3) is 4.88. The minimum absolute atomic E-state index is 0.0904. The molecular weight excluding hydrogens is 340 g/mol. The van der Waals surface area contributed by atoms with E-state index in [9.17, 15) is 9.59 Å². The van der Waals surface area contributed by atoms with Crippen molar-refractivity contribution in [2.24, 2.45) is 0 Å². The molecular formula is C22H26N2O3. The first-order chi connectivity index (χ1) is 13.2. The van der Waals surface area contributed by atoms with Gasteiger partial charge >= 0.3 is 0 Å². The van der Waals surface area contributed by atoms with Gasteiger partial charge in [-0.2, -0.15) is 0 Å². The van der Waals surface area contributed by atoms with Crippen molar-refractivity contribution in [2.75, 3.05) is 24.6 Å². The predicted octanol–water partition coefficient (Wildman–Crippen LogP) is 3.57. The van der Waals surface area contributed by atoms with Crippen molar-refractivity contribution in [1.82, 2.24) is 5.32 Å². The van der Waals surface area contributed by atoms with Crippen molar-refractivity contribution in [1.29, 1.82) is 0 Å². The zero-order valence-electron chi connectivity index (χ0n) is 15.7. The molecule has 5 heteroatoms. The van der Waals surface area contributed by atoms with E-state index in [2.05, 4.69) is 11.4 Å². The van der Waals surface area contributed by atoms with Crippen LogP contribution >= 0.6 is 0 Å². The summed E-state index contributed by atoms with van der Waals surface area (Å²) in [6, 6.07) is 15.3. The number of ether oxygens (including phenoxy) is 1. The number of amides is 2. The fourth-order valence-electron chi connectivity index (χ4n) is 3.30. The van der Waals surface area contributed by atoms with Gasteiger partial charge in [0.15, 0.2) is 0 Å². The second-order valence-corrected chi connectivity index (χ2v) is 6.60. The van der Waals surface area contributed by atoms with E-state index in [1.165, 1.54) is 0 Å². The smallest absolute Gasteiger partial charge is 0.251 e. The molecule has 1 N–H and O–H groups in total. The number of hydrogen-bond acceptors (Lipinski definition) is 3. The Kier molecular flexibility index (Phi) is 6.47. The number of carbonyl (C=O) groups is 2. The molecule has 0 aromatic heterocycles. The van der Waals surface area contributed by atoms with Crippen LogP contribution in [-0.2, 0) is 11.2 Å². The van der Waals surface area contributed by atoms with E-state index in [4.69, 9.17) is 4.74 Å². The molecule has 27 heavy (non-hydrogen) atoms. The van der Waals surface area contributed by atoms with Gasteiger partial charge in [-0.1, -0.05) is 18.2 Å². The number of para-hydroxylation sites is 1. The maximum atomic E-state index is 12.3. The van der Waals surface area contributed by atoms with E-state index in [1.807, 2.05) is 37.3 Å². The van der Waals surface area contributed by atoms with Crippen LogP contribution in [0.5, 0.6) is 5.75 Å². The van der Waals surface area contributed by atoms with Gasteiger partial charge in [-0.15, -0.1) is 0 Å². The summed E-state index contributed by atoms with van der Waals surface area (Å²) in [6.45, 7) is 3.98. The first-order valence-electron chi connectivity index (χ1n) is 9.58. The van der Waals surface area contributed by atoms with E-state index in [0.29, 0.717) is 25.1 Å². The standard InChI is InChI=1S/C22H26N2O3/c1-2-27-20-9-4-3-7-17(20)8-5-15-23-22(26)18-11-13-19(14-12-18)24-16-6-10-21(24)25/h3-4,7,9,11-14H,2,5-6,8,10,15-16H2,1H3,(H,23,26). The van der Waals surface area contributed by atoms with Crippen LogP contribution in [0.25, 0.3) is 0 Å². The Morgan fingerprint density at radius 1 is 1.15 bits per heavy atom. The molecule has 3 rings (SSSR count). The Morgan fingerprint density at radius 2 is 1.93 bits per heavy atom. The monoisotopic (exact) mass is 366 g/mol. The number of hydrogen-bond donors (Lipinski definition) is 1. The highest BCUT2D eigenvalue weighted by Gasteiger charge is 2.21. The molecule has 2 amide bonds. The topological polar surface area (TPSA) is 58.6 Å². The van der Waals surface area contributed by atoms with E-state index in [-0.39, 0.29) is 11.8 Å². The van der Waals surface area contributed by atoms with Crippen molar-refractivity contribution in [3.8, 4) is 5.75 Å². The maximum Gasteiger partial charge on any atom is 0.251 e. The largest absolute Gasteiger partial charge is 0.494 e. The highest BCUT2D eigenvalue weighted by Crippen LogP contribution is 2.22. The second-order valence-electron chi connectivity index (χ2n) is 6.60. The van der Waals surface area contributed by atoms with Crippen LogP contribution in [0.4, 0.5) is 5.69 Å². The van der Waals surface area contributed by atoms with Gasteiger partial charge in [0.25, 0.3) is 5.91 Å². The lowest BCUT2D eigenvalue weighted by Crippen LogP contribution is -2.26. The number of nitrogens with zero attached hydrogens (tertiary/aromatic N) is 1. The second kappa shape index (κ2) is 9.21. The summed E-state index contributed by atoms with van der Waals surface area (Å²) >= 11 is 0. The zero-order valence-corrected chi connectivity index (χ0v) is 15.7. The number of nitrogens with one attached hydrogen (secondary N) is 1. The molecule has 0 unspecified atom stereocenters. The number of rotatable bonds is 8. The molecule has 1 saturated heterocycles. The molecule has 0 spiro atoms. The van der Waals surface area contributed by atoms with Crippen LogP contribution in [-0.4, -0.2) is 31.5 Å². The number of carbonyl (C=O) groups excluding carboxylic acids is 2. The average molecular weight is 366 g/mol. The van der Waals surface area contributed by atoms with Crippen LogP contribution < -0.4 is 15.0 Å². The molecule has 1 fully saturated rings. The summed E-state index contributed by atoms with van der Waals surface area (Å²) in [6.07, 6.45) is 3.20. The van der Waals surface area contributed by atoms with Crippen molar-refractivity contribution >= 4 is 17.5 Å². The Hall–Kier alpha value is -2.82. The lowest BCUT2D eigenvalue weighted by molar-refractivity contribution is -0.117. The number of aryl methyl sites for hydroxylation is 1. The van der Waals surface area contributed by atoms with Gasteiger partial charge in [0.1, 0.15) is 5.75 Å². The van der Waals surface area contributed by atoms with E-state index >= 15 is 0 Å². The van der Waals surface area contributed by atoms with Gasteiger partial charge in [-0.05, 0) is 62.1 Å².